The van der Waals surface area contributed by atoms with Gasteiger partial charge in [0.15, 0.2) is 0 Å². The molecule has 1 saturated heterocycles. The number of halogens is 1. The van der Waals surface area contributed by atoms with Gasteiger partial charge in [0.1, 0.15) is 0 Å². The number of amides is 2. The summed E-state index contributed by atoms with van der Waals surface area (Å²) in [5.74, 6) is -2.09. The van der Waals surface area contributed by atoms with Crippen molar-refractivity contribution in [2.24, 2.45) is 11.8 Å². The summed E-state index contributed by atoms with van der Waals surface area (Å²) in [5, 5.41) is 11.3. The monoisotopic (exact) mass is 474 g/mol. The van der Waals surface area contributed by atoms with Crippen molar-refractivity contribution in [3.8, 4) is 0 Å². The lowest BCUT2D eigenvalue weighted by atomic mass is 9.55. The second-order valence-corrected chi connectivity index (χ2v) is 9.41. The molecule has 0 radical (unpaired) electrons. The van der Waals surface area contributed by atoms with Crippen LogP contribution in [0.4, 0.5) is 11.4 Å². The van der Waals surface area contributed by atoms with Crippen molar-refractivity contribution >= 4 is 39.1 Å². The van der Waals surface area contributed by atoms with E-state index >= 15 is 0 Å². The third kappa shape index (κ3) is 2.16. The summed E-state index contributed by atoms with van der Waals surface area (Å²) in [4.78, 5) is 39.3. The first-order chi connectivity index (χ1) is 14.9. The highest BCUT2D eigenvalue weighted by Crippen LogP contribution is 2.66. The highest BCUT2D eigenvalue weighted by Gasteiger charge is 2.67. The molecule has 1 fully saturated rings. The summed E-state index contributed by atoms with van der Waals surface area (Å²) in [5.41, 5.74) is 4.17. The van der Waals surface area contributed by atoms with Gasteiger partial charge in [0, 0.05) is 18.1 Å². The Morgan fingerprint density at radius 2 is 1.48 bits per heavy atom. The molecule has 0 N–H and O–H groups in total. The Hall–Kier alpha value is -3.32. The molecule has 0 unspecified atom stereocenters. The van der Waals surface area contributed by atoms with Gasteiger partial charge in [-0.1, -0.05) is 70.5 Å². The average molecular weight is 475 g/mol. The third-order valence-corrected chi connectivity index (χ3v) is 8.16. The zero-order valence-corrected chi connectivity index (χ0v) is 17.7. The molecular weight excluding hydrogens is 460 g/mol. The van der Waals surface area contributed by atoms with Gasteiger partial charge in [0.05, 0.1) is 26.8 Å². The maximum absolute atomic E-state index is 13.8. The van der Waals surface area contributed by atoms with Crippen molar-refractivity contribution < 1.29 is 14.5 Å². The molecule has 7 rings (SSSR count). The van der Waals surface area contributed by atoms with Gasteiger partial charge in [0.2, 0.25) is 11.8 Å². The van der Waals surface area contributed by atoms with Crippen molar-refractivity contribution in [3.63, 3.8) is 0 Å². The number of imide groups is 1. The van der Waals surface area contributed by atoms with Crippen molar-refractivity contribution in [3.05, 3.63) is 105 Å². The fraction of sp³-hybridized carbons (Fsp3) is 0.167. The number of nitro groups is 1. The molecule has 6 nitrogen and oxygen atoms in total. The average Bonchev–Trinajstić information content (AvgIpc) is 3.06. The van der Waals surface area contributed by atoms with Crippen LogP contribution < -0.4 is 4.90 Å². The molecule has 4 aliphatic rings. The van der Waals surface area contributed by atoms with Crippen LogP contribution in [0.5, 0.6) is 0 Å². The summed E-state index contributed by atoms with van der Waals surface area (Å²) in [6.45, 7) is 0. The third-order valence-electron chi connectivity index (χ3n) is 6.81. The minimum Gasteiger partial charge on any atom is -0.274 e. The summed E-state index contributed by atoms with van der Waals surface area (Å²) in [6, 6.07) is 21.6. The van der Waals surface area contributed by atoms with E-state index in [9.17, 15) is 19.7 Å². The number of anilines is 1. The van der Waals surface area contributed by atoms with Gasteiger partial charge in [-0.2, -0.15) is 0 Å². The van der Waals surface area contributed by atoms with Crippen molar-refractivity contribution in [2.45, 2.75) is 10.2 Å². The van der Waals surface area contributed by atoms with E-state index in [0.29, 0.717) is 0 Å². The first kappa shape index (κ1) is 18.4. The lowest BCUT2D eigenvalue weighted by Crippen LogP contribution is -2.50. The molecule has 2 atom stereocenters. The minimum absolute atomic E-state index is 0.156. The van der Waals surface area contributed by atoms with Crippen LogP contribution >= 0.6 is 15.9 Å². The number of carbonyl (C=O) groups is 2. The van der Waals surface area contributed by atoms with Crippen molar-refractivity contribution in [1.82, 2.24) is 0 Å². The minimum atomic E-state index is -0.832. The molecule has 2 amide bonds. The Balaban J connectivity index is 1.58. The lowest BCUT2D eigenvalue weighted by molar-refractivity contribution is -0.384. The van der Waals surface area contributed by atoms with E-state index in [4.69, 9.17) is 0 Å². The predicted octanol–water partition coefficient (Wildman–Crippen LogP) is 4.50. The fourth-order valence-electron chi connectivity index (χ4n) is 5.68. The topological polar surface area (TPSA) is 80.5 Å². The van der Waals surface area contributed by atoms with Gasteiger partial charge in [0.25, 0.3) is 5.69 Å². The second kappa shape index (κ2) is 6.11. The van der Waals surface area contributed by atoms with Crippen LogP contribution in [-0.2, 0) is 13.9 Å². The Bertz CT molecular complexity index is 1270. The Kier molecular flexibility index (Phi) is 3.63. The van der Waals surface area contributed by atoms with Crippen LogP contribution in [0.2, 0.25) is 0 Å². The van der Waals surface area contributed by atoms with Crippen LogP contribution in [0.1, 0.15) is 28.2 Å². The first-order valence-electron chi connectivity index (χ1n) is 9.94. The van der Waals surface area contributed by atoms with Gasteiger partial charge >= 0.3 is 0 Å². The normalized spacial score (nSPS) is 27.6. The molecule has 1 heterocycles. The van der Waals surface area contributed by atoms with Crippen molar-refractivity contribution in [1.29, 1.82) is 0 Å². The number of nitrogens with zero attached hydrogens (tertiary/aromatic N) is 2. The van der Waals surface area contributed by atoms with Gasteiger partial charge in [-0.3, -0.25) is 19.7 Å². The van der Waals surface area contributed by atoms with Crippen molar-refractivity contribution in [2.75, 3.05) is 4.90 Å². The largest absolute Gasteiger partial charge is 0.274 e. The lowest BCUT2D eigenvalue weighted by Gasteiger charge is -2.51. The fourth-order valence-corrected chi connectivity index (χ4v) is 6.88. The number of hydrogen-bond donors (Lipinski definition) is 0. The number of nitro benzene ring substituents is 1. The molecule has 31 heavy (non-hydrogen) atoms. The summed E-state index contributed by atoms with van der Waals surface area (Å²) >= 11 is 3.94. The molecule has 3 aliphatic carbocycles. The maximum atomic E-state index is 13.8. The van der Waals surface area contributed by atoms with E-state index in [2.05, 4.69) is 15.9 Å². The highest BCUT2D eigenvalue weighted by molar-refractivity contribution is 9.09. The molecule has 3 aromatic carbocycles. The molecule has 2 bridgehead atoms. The van der Waals surface area contributed by atoms with Crippen LogP contribution in [0.25, 0.3) is 0 Å². The van der Waals surface area contributed by atoms with E-state index < -0.39 is 21.1 Å². The molecule has 3 aromatic rings. The number of non-ortho nitro benzene ring substituents is 1. The number of alkyl halides is 1. The molecule has 0 spiro atoms. The molecule has 0 saturated carbocycles. The van der Waals surface area contributed by atoms with Crippen LogP contribution in [0.15, 0.2) is 72.8 Å². The second-order valence-electron chi connectivity index (χ2n) is 8.16. The molecule has 1 aliphatic heterocycles. The zero-order chi connectivity index (χ0) is 21.5. The Morgan fingerprint density at radius 1 is 0.871 bits per heavy atom. The first-order valence-corrected chi connectivity index (χ1v) is 10.7. The molecule has 152 valence electrons. The van der Waals surface area contributed by atoms with E-state index in [1.54, 1.807) is 6.07 Å². The van der Waals surface area contributed by atoms with Gasteiger partial charge in [-0.25, -0.2) is 4.90 Å². The van der Waals surface area contributed by atoms with E-state index in [-0.39, 0.29) is 29.1 Å². The van der Waals surface area contributed by atoms with Gasteiger partial charge in [-0.05, 0) is 28.3 Å². The predicted molar refractivity (Wildman–Crippen MR) is 117 cm³/mol. The van der Waals surface area contributed by atoms with E-state index in [1.165, 1.54) is 18.2 Å². The van der Waals surface area contributed by atoms with Crippen LogP contribution in [0.3, 0.4) is 0 Å². The summed E-state index contributed by atoms with van der Waals surface area (Å²) in [6.07, 6.45) is 0. The maximum Gasteiger partial charge on any atom is 0.271 e. The van der Waals surface area contributed by atoms with Gasteiger partial charge < -0.3 is 0 Å². The smallest absolute Gasteiger partial charge is 0.271 e. The van der Waals surface area contributed by atoms with E-state index in [1.807, 2.05) is 48.5 Å². The number of carbonyl (C=O) groups excluding carboxylic acids is 2. The number of rotatable bonds is 2. The Morgan fingerprint density at radius 3 is 2.10 bits per heavy atom. The standard InChI is InChI=1S/C24H15BrN2O4/c25-24-17-10-3-1-8-15(17)19(16-9-2-4-11-18(16)24)20-21(24)23(29)26(22(20)28)13-6-5-7-14(12-13)27(30)31/h1-12,19-21H/t19?,20-,21+,24?/m0/s1. The Labute approximate surface area is 185 Å². The highest BCUT2D eigenvalue weighted by atomic mass is 79.9. The summed E-state index contributed by atoms with van der Waals surface area (Å²) < 4.78 is -0.832. The SMILES string of the molecule is O=C1[C@H]2C3c4ccccc4C(Br)(c4ccccc43)[C@H]2C(=O)N1c1cccc([N+](=O)[O-])c1. The quantitative estimate of drug-likeness (QED) is 0.237. The van der Waals surface area contributed by atoms with Gasteiger partial charge in [-0.15, -0.1) is 0 Å². The van der Waals surface area contributed by atoms with Crippen LogP contribution in [-0.4, -0.2) is 16.7 Å². The molecular formula is C24H15BrN2O4. The molecule has 7 heteroatoms. The summed E-state index contributed by atoms with van der Waals surface area (Å²) in [7, 11) is 0. The van der Waals surface area contributed by atoms with Crippen LogP contribution in [0, 0.1) is 22.0 Å². The van der Waals surface area contributed by atoms with E-state index in [0.717, 1.165) is 27.2 Å². The molecule has 0 aromatic heterocycles. The number of benzene rings is 3. The zero-order valence-electron chi connectivity index (χ0n) is 16.1. The number of hydrogen-bond acceptors (Lipinski definition) is 4.